The second kappa shape index (κ2) is 7.59. The van der Waals surface area contributed by atoms with Crippen LogP contribution in [0, 0.1) is 13.8 Å². The molecule has 1 saturated heterocycles. The average Bonchev–Trinajstić information content (AvgIpc) is 3.33. The second-order valence-electron chi connectivity index (χ2n) is 7.34. The van der Waals surface area contributed by atoms with E-state index in [2.05, 4.69) is 28.9 Å². The Morgan fingerprint density at radius 3 is 2.36 bits per heavy atom. The van der Waals surface area contributed by atoms with Crippen LogP contribution in [0.25, 0.3) is 5.69 Å². The number of nitrogens with zero attached hydrogens (tertiary/aromatic N) is 6. The molecule has 0 atom stereocenters. The topological polar surface area (TPSA) is 59.2 Å². The van der Waals surface area contributed by atoms with Gasteiger partial charge in [0.05, 0.1) is 11.4 Å². The third-order valence-electron chi connectivity index (χ3n) is 5.58. The van der Waals surface area contributed by atoms with Gasteiger partial charge in [-0.2, -0.15) is 10.2 Å². The zero-order valence-corrected chi connectivity index (χ0v) is 16.7. The van der Waals surface area contributed by atoms with Crippen LogP contribution in [-0.4, -0.2) is 61.4 Å². The van der Waals surface area contributed by atoms with Gasteiger partial charge in [0.1, 0.15) is 0 Å². The van der Waals surface area contributed by atoms with Gasteiger partial charge >= 0.3 is 0 Å². The number of aromatic nitrogens is 4. The number of rotatable bonds is 4. The van der Waals surface area contributed by atoms with Crippen LogP contribution >= 0.6 is 0 Å². The minimum Gasteiger partial charge on any atom is -0.336 e. The average molecular weight is 378 g/mol. The van der Waals surface area contributed by atoms with Gasteiger partial charge in [0, 0.05) is 69.0 Å². The first-order valence-electron chi connectivity index (χ1n) is 9.63. The molecule has 0 radical (unpaired) electrons. The minimum atomic E-state index is 0.0976. The Bertz CT molecular complexity index is 950. The number of carbonyl (C=O) groups excluding carboxylic acids is 1. The molecule has 1 aliphatic heterocycles. The lowest BCUT2D eigenvalue weighted by Gasteiger charge is -2.34. The predicted octanol–water partition coefficient (Wildman–Crippen LogP) is 2.18. The van der Waals surface area contributed by atoms with Crippen LogP contribution < -0.4 is 0 Å². The van der Waals surface area contributed by atoms with E-state index < -0.39 is 0 Å². The monoisotopic (exact) mass is 378 g/mol. The zero-order valence-electron chi connectivity index (χ0n) is 16.7. The van der Waals surface area contributed by atoms with Gasteiger partial charge < -0.3 is 4.90 Å². The van der Waals surface area contributed by atoms with Crippen molar-refractivity contribution in [1.29, 1.82) is 0 Å². The van der Waals surface area contributed by atoms with Crippen molar-refractivity contribution in [2.45, 2.75) is 20.4 Å². The maximum Gasteiger partial charge on any atom is 0.253 e. The molecular formula is C21H26N6O. The van der Waals surface area contributed by atoms with Crippen molar-refractivity contribution in [2.24, 2.45) is 7.05 Å². The zero-order chi connectivity index (χ0) is 19.7. The highest BCUT2D eigenvalue weighted by Gasteiger charge is 2.23. The Kier molecular flexibility index (Phi) is 5.00. The fourth-order valence-electron chi connectivity index (χ4n) is 3.74. The van der Waals surface area contributed by atoms with E-state index in [1.165, 1.54) is 11.3 Å². The van der Waals surface area contributed by atoms with Crippen LogP contribution in [0.15, 0.2) is 42.7 Å². The lowest BCUT2D eigenvalue weighted by Crippen LogP contribution is -2.48. The van der Waals surface area contributed by atoms with Crippen molar-refractivity contribution in [3.8, 4) is 5.69 Å². The van der Waals surface area contributed by atoms with Gasteiger partial charge in [0.15, 0.2) is 0 Å². The Balaban J connectivity index is 1.36. The van der Waals surface area contributed by atoms with Crippen LogP contribution in [0.4, 0.5) is 0 Å². The van der Waals surface area contributed by atoms with E-state index in [9.17, 15) is 4.79 Å². The van der Waals surface area contributed by atoms with E-state index in [1.807, 2.05) is 53.2 Å². The van der Waals surface area contributed by atoms with Gasteiger partial charge in [-0.15, -0.1) is 0 Å². The normalized spacial score (nSPS) is 15.2. The summed E-state index contributed by atoms with van der Waals surface area (Å²) >= 11 is 0. The first-order valence-corrected chi connectivity index (χ1v) is 9.63. The van der Waals surface area contributed by atoms with Crippen molar-refractivity contribution in [3.05, 3.63) is 65.2 Å². The summed E-state index contributed by atoms with van der Waals surface area (Å²) in [6.07, 6.45) is 3.63. The Hall–Kier alpha value is -2.93. The maximum atomic E-state index is 12.8. The standard InChI is InChI=1S/C21H26N6O/c1-16-20(17(2)24(3)23-16)15-25-11-13-26(14-12-25)21(28)18-5-7-19(8-6-18)27-10-4-9-22-27/h4-10H,11-15H2,1-3H3. The number of benzene rings is 1. The van der Waals surface area contributed by atoms with Crippen LogP contribution in [0.5, 0.6) is 0 Å². The van der Waals surface area contributed by atoms with Crippen LogP contribution in [0.3, 0.4) is 0 Å². The number of carbonyl (C=O) groups is 1. The van der Waals surface area contributed by atoms with Crippen molar-refractivity contribution < 1.29 is 4.79 Å². The van der Waals surface area contributed by atoms with Gasteiger partial charge in [-0.05, 0) is 44.2 Å². The molecule has 3 heterocycles. The number of piperazine rings is 1. The molecule has 1 aliphatic rings. The SMILES string of the molecule is Cc1nn(C)c(C)c1CN1CCN(C(=O)c2ccc(-n3cccn3)cc2)CC1. The molecule has 1 fully saturated rings. The van der Waals surface area contributed by atoms with E-state index >= 15 is 0 Å². The maximum absolute atomic E-state index is 12.8. The molecule has 0 spiro atoms. The van der Waals surface area contributed by atoms with Crippen molar-refractivity contribution in [3.63, 3.8) is 0 Å². The molecule has 0 unspecified atom stereocenters. The molecule has 0 aliphatic carbocycles. The van der Waals surface area contributed by atoms with E-state index in [0.29, 0.717) is 0 Å². The molecule has 7 heteroatoms. The molecular weight excluding hydrogens is 352 g/mol. The van der Waals surface area contributed by atoms with Gasteiger partial charge in [-0.1, -0.05) is 0 Å². The fraction of sp³-hybridized carbons (Fsp3) is 0.381. The molecule has 1 amide bonds. The highest BCUT2D eigenvalue weighted by Crippen LogP contribution is 2.17. The molecule has 4 rings (SSSR count). The molecule has 0 N–H and O–H groups in total. The summed E-state index contributed by atoms with van der Waals surface area (Å²) in [6, 6.07) is 9.52. The van der Waals surface area contributed by atoms with Crippen molar-refractivity contribution in [1.82, 2.24) is 29.4 Å². The van der Waals surface area contributed by atoms with Gasteiger partial charge in [-0.3, -0.25) is 14.4 Å². The summed E-state index contributed by atoms with van der Waals surface area (Å²) in [5.74, 6) is 0.0976. The van der Waals surface area contributed by atoms with Crippen molar-refractivity contribution in [2.75, 3.05) is 26.2 Å². The lowest BCUT2D eigenvalue weighted by atomic mass is 10.1. The summed E-state index contributed by atoms with van der Waals surface area (Å²) in [5.41, 5.74) is 5.29. The van der Waals surface area contributed by atoms with Crippen LogP contribution in [0.1, 0.15) is 27.3 Å². The third-order valence-corrected chi connectivity index (χ3v) is 5.58. The number of hydrogen-bond acceptors (Lipinski definition) is 4. The first-order chi connectivity index (χ1) is 13.5. The molecule has 3 aromatic rings. The lowest BCUT2D eigenvalue weighted by molar-refractivity contribution is 0.0628. The predicted molar refractivity (Wildman–Crippen MR) is 107 cm³/mol. The molecule has 146 valence electrons. The first kappa shape index (κ1) is 18.4. The molecule has 7 nitrogen and oxygen atoms in total. The molecule has 28 heavy (non-hydrogen) atoms. The van der Waals surface area contributed by atoms with E-state index in [-0.39, 0.29) is 5.91 Å². The summed E-state index contributed by atoms with van der Waals surface area (Å²) in [5, 5.41) is 8.72. The van der Waals surface area contributed by atoms with Gasteiger partial charge in [-0.25, -0.2) is 4.68 Å². The van der Waals surface area contributed by atoms with Gasteiger partial charge in [0.2, 0.25) is 0 Å². The van der Waals surface area contributed by atoms with Crippen LogP contribution in [0.2, 0.25) is 0 Å². The smallest absolute Gasteiger partial charge is 0.253 e. The summed E-state index contributed by atoms with van der Waals surface area (Å²) < 4.78 is 3.73. The van der Waals surface area contributed by atoms with E-state index in [4.69, 9.17) is 0 Å². The summed E-state index contributed by atoms with van der Waals surface area (Å²) in [7, 11) is 1.99. The molecule has 2 aromatic heterocycles. The Morgan fingerprint density at radius 1 is 1.07 bits per heavy atom. The van der Waals surface area contributed by atoms with E-state index in [0.717, 1.165) is 49.7 Å². The molecule has 0 saturated carbocycles. The Morgan fingerprint density at radius 2 is 1.79 bits per heavy atom. The highest BCUT2D eigenvalue weighted by atomic mass is 16.2. The quantitative estimate of drug-likeness (QED) is 0.698. The van der Waals surface area contributed by atoms with Gasteiger partial charge in [0.25, 0.3) is 5.91 Å². The molecule has 1 aromatic carbocycles. The summed E-state index contributed by atoms with van der Waals surface area (Å²) in [6.45, 7) is 8.33. The minimum absolute atomic E-state index is 0.0976. The fourth-order valence-corrected chi connectivity index (χ4v) is 3.74. The largest absolute Gasteiger partial charge is 0.336 e. The van der Waals surface area contributed by atoms with Crippen LogP contribution in [-0.2, 0) is 13.6 Å². The second-order valence-corrected chi connectivity index (χ2v) is 7.34. The third kappa shape index (κ3) is 3.57. The summed E-state index contributed by atoms with van der Waals surface area (Å²) in [4.78, 5) is 17.2. The van der Waals surface area contributed by atoms with Crippen molar-refractivity contribution >= 4 is 5.91 Å². The van der Waals surface area contributed by atoms with E-state index in [1.54, 1.807) is 10.9 Å². The number of aryl methyl sites for hydroxylation is 2. The number of amides is 1. The highest BCUT2D eigenvalue weighted by molar-refractivity contribution is 5.94. The molecule has 0 bridgehead atoms. The number of hydrogen-bond donors (Lipinski definition) is 0. The Labute approximate surface area is 165 Å².